The summed E-state index contributed by atoms with van der Waals surface area (Å²) in [5.74, 6) is 1.10. The third kappa shape index (κ3) is 2.02. The Labute approximate surface area is 132 Å². The van der Waals surface area contributed by atoms with E-state index in [9.17, 15) is 0 Å². The van der Waals surface area contributed by atoms with Gasteiger partial charge in [-0.3, -0.25) is 10.4 Å². The van der Waals surface area contributed by atoms with Crippen molar-refractivity contribution in [3.05, 3.63) is 64.2 Å². The molecule has 2 heterocycles. The van der Waals surface area contributed by atoms with Crippen molar-refractivity contribution in [3.8, 4) is 0 Å². The molecule has 0 amide bonds. The van der Waals surface area contributed by atoms with Crippen LogP contribution < -0.4 is 5.43 Å². The van der Waals surface area contributed by atoms with E-state index in [4.69, 9.17) is 4.99 Å². The van der Waals surface area contributed by atoms with Crippen LogP contribution in [0.1, 0.15) is 12.5 Å². The summed E-state index contributed by atoms with van der Waals surface area (Å²) in [5, 5.41) is 4.38. The number of allylic oxidation sites excluding steroid dienone is 2. The lowest BCUT2D eigenvalue weighted by Crippen LogP contribution is -2.32. The van der Waals surface area contributed by atoms with Gasteiger partial charge in [-0.15, -0.1) is 0 Å². The van der Waals surface area contributed by atoms with Crippen molar-refractivity contribution >= 4 is 33.1 Å². The van der Waals surface area contributed by atoms with Crippen LogP contribution in [0.3, 0.4) is 0 Å². The van der Waals surface area contributed by atoms with Crippen LogP contribution in [0.2, 0.25) is 0 Å². The van der Waals surface area contributed by atoms with Crippen molar-refractivity contribution in [2.24, 2.45) is 16.0 Å². The minimum atomic E-state index is 0.0707. The number of amidine groups is 1. The van der Waals surface area contributed by atoms with E-state index in [1.807, 2.05) is 6.07 Å². The average Bonchev–Trinajstić information content (AvgIpc) is 2.87. The second kappa shape index (κ2) is 4.81. The number of hydrogen-bond acceptors (Lipinski definition) is 3. The summed E-state index contributed by atoms with van der Waals surface area (Å²) in [6.45, 7) is 2.06. The number of nitrogens with zero attached hydrogens (tertiary/aromatic N) is 2. The summed E-state index contributed by atoms with van der Waals surface area (Å²) in [5.41, 5.74) is 7.95. The summed E-state index contributed by atoms with van der Waals surface area (Å²) in [6, 6.07) is 10.6. The summed E-state index contributed by atoms with van der Waals surface area (Å²) >= 11 is 3.58. The topological polar surface area (TPSA) is 36.8 Å². The van der Waals surface area contributed by atoms with Crippen LogP contribution in [0.4, 0.5) is 0 Å². The Kier molecular flexibility index (Phi) is 2.93. The van der Waals surface area contributed by atoms with Crippen LogP contribution in [0.5, 0.6) is 0 Å². The first-order chi connectivity index (χ1) is 10.2. The molecular formula is C17H14BrN3. The predicted molar refractivity (Wildman–Crippen MR) is 90.5 cm³/mol. The largest absolute Gasteiger partial charge is 0.264 e. The molecule has 1 aliphatic carbocycles. The molecule has 0 bridgehead atoms. The molecule has 4 heteroatoms. The molecular weight excluding hydrogens is 326 g/mol. The first kappa shape index (κ1) is 12.8. The Hall–Kier alpha value is -1.94. The third-order valence-electron chi connectivity index (χ3n) is 4.05. The van der Waals surface area contributed by atoms with E-state index in [0.717, 1.165) is 16.0 Å². The smallest absolute Gasteiger partial charge is 0.131 e. The molecule has 0 aromatic heterocycles. The molecule has 4 rings (SSSR count). The minimum Gasteiger partial charge on any atom is -0.264 e. The van der Waals surface area contributed by atoms with Crippen molar-refractivity contribution in [1.82, 2.24) is 5.43 Å². The van der Waals surface area contributed by atoms with Gasteiger partial charge in [0, 0.05) is 4.48 Å². The number of rotatable bonds is 1. The van der Waals surface area contributed by atoms with E-state index in [1.165, 1.54) is 16.7 Å². The number of benzene rings is 1. The summed E-state index contributed by atoms with van der Waals surface area (Å²) < 4.78 is 1.08. The van der Waals surface area contributed by atoms with E-state index in [0.29, 0.717) is 0 Å². The lowest BCUT2D eigenvalue weighted by molar-refractivity contribution is 0.893. The van der Waals surface area contributed by atoms with Crippen molar-refractivity contribution in [2.75, 3.05) is 0 Å². The highest BCUT2D eigenvalue weighted by Crippen LogP contribution is 2.39. The van der Waals surface area contributed by atoms with Crippen LogP contribution in [0.25, 0.3) is 5.57 Å². The lowest BCUT2D eigenvalue weighted by atomic mass is 9.80. The first-order valence-corrected chi connectivity index (χ1v) is 7.76. The zero-order valence-electron chi connectivity index (χ0n) is 11.5. The Balaban J connectivity index is 1.96. The van der Waals surface area contributed by atoms with E-state index in [-0.39, 0.29) is 12.0 Å². The second-order valence-electron chi connectivity index (χ2n) is 5.38. The molecule has 0 fully saturated rings. The van der Waals surface area contributed by atoms with Crippen molar-refractivity contribution < 1.29 is 0 Å². The molecule has 0 spiro atoms. The summed E-state index contributed by atoms with van der Waals surface area (Å²) in [7, 11) is 0. The fourth-order valence-electron chi connectivity index (χ4n) is 3.11. The third-order valence-corrected chi connectivity index (χ3v) is 4.54. The summed E-state index contributed by atoms with van der Waals surface area (Å²) in [6.07, 6.45) is 6.36. The zero-order valence-corrected chi connectivity index (χ0v) is 13.1. The van der Waals surface area contributed by atoms with Crippen LogP contribution >= 0.6 is 15.9 Å². The van der Waals surface area contributed by atoms with Gasteiger partial charge in [0.05, 0.1) is 17.7 Å². The van der Waals surface area contributed by atoms with E-state index >= 15 is 0 Å². The monoisotopic (exact) mass is 339 g/mol. The minimum absolute atomic E-state index is 0.0707. The van der Waals surface area contributed by atoms with Gasteiger partial charge in [-0.1, -0.05) is 52.3 Å². The number of hydrogen-bond donors (Lipinski definition) is 1. The molecule has 1 N–H and O–H groups in total. The maximum Gasteiger partial charge on any atom is 0.131 e. The normalized spacial score (nSPS) is 26.5. The molecule has 2 aliphatic heterocycles. The van der Waals surface area contributed by atoms with Crippen molar-refractivity contribution in [1.29, 1.82) is 0 Å². The molecule has 0 radical (unpaired) electrons. The summed E-state index contributed by atoms with van der Waals surface area (Å²) in [4.78, 5) is 4.81. The Bertz CT molecular complexity index is 753. The van der Waals surface area contributed by atoms with Gasteiger partial charge in [0.1, 0.15) is 5.84 Å². The molecule has 2 atom stereocenters. The number of halogens is 1. The lowest BCUT2D eigenvalue weighted by Gasteiger charge is -2.29. The van der Waals surface area contributed by atoms with Crippen LogP contribution in [-0.4, -0.2) is 17.6 Å². The standard InChI is InChI=1S/C17H14BrN3/c1-10-15-16(11-5-3-2-4-6-11)13-9-12(18)7-8-14(13)19-17(15)21-20-10/h2-9,14-15H,1H3,(H,19,21)/t14-,15-/m0/s1. The zero-order chi connectivity index (χ0) is 14.4. The molecule has 1 aromatic carbocycles. The van der Waals surface area contributed by atoms with Crippen molar-refractivity contribution in [2.45, 2.75) is 13.0 Å². The molecule has 104 valence electrons. The Morgan fingerprint density at radius 1 is 1.19 bits per heavy atom. The van der Waals surface area contributed by atoms with Gasteiger partial charge in [0.25, 0.3) is 0 Å². The SMILES string of the molecule is CC1=NNC2=N[C@H]3C=CC(Br)=CC3=C(c3ccccc3)[C@H]12. The number of dihydropyridines is 1. The van der Waals surface area contributed by atoms with Crippen LogP contribution in [-0.2, 0) is 0 Å². The fourth-order valence-corrected chi connectivity index (χ4v) is 3.51. The van der Waals surface area contributed by atoms with Gasteiger partial charge in [0.2, 0.25) is 0 Å². The fraction of sp³-hybridized carbons (Fsp3) is 0.176. The quantitative estimate of drug-likeness (QED) is 0.832. The van der Waals surface area contributed by atoms with Gasteiger partial charge in [0.15, 0.2) is 0 Å². The number of aliphatic imine (C=N–C) groups is 1. The van der Waals surface area contributed by atoms with E-state index in [1.54, 1.807) is 0 Å². The number of hydrazone groups is 1. The molecule has 21 heavy (non-hydrogen) atoms. The molecule has 0 unspecified atom stereocenters. The van der Waals surface area contributed by atoms with Gasteiger partial charge in [-0.2, -0.15) is 5.10 Å². The predicted octanol–water partition coefficient (Wildman–Crippen LogP) is 3.66. The van der Waals surface area contributed by atoms with Crippen LogP contribution in [0, 0.1) is 5.92 Å². The maximum absolute atomic E-state index is 4.81. The molecule has 0 saturated heterocycles. The van der Waals surface area contributed by atoms with Gasteiger partial charge in [-0.05, 0) is 35.8 Å². The molecule has 1 aromatic rings. The Morgan fingerprint density at radius 2 is 2.00 bits per heavy atom. The second-order valence-corrected chi connectivity index (χ2v) is 6.30. The highest BCUT2D eigenvalue weighted by Gasteiger charge is 2.37. The average molecular weight is 340 g/mol. The highest BCUT2D eigenvalue weighted by molar-refractivity contribution is 9.11. The number of nitrogens with one attached hydrogen (secondary N) is 1. The van der Waals surface area contributed by atoms with Crippen molar-refractivity contribution in [3.63, 3.8) is 0 Å². The first-order valence-electron chi connectivity index (χ1n) is 6.97. The maximum atomic E-state index is 4.81. The van der Waals surface area contributed by atoms with E-state index < -0.39 is 0 Å². The highest BCUT2D eigenvalue weighted by atomic mass is 79.9. The van der Waals surface area contributed by atoms with E-state index in [2.05, 4.69) is 75.9 Å². The molecule has 0 saturated carbocycles. The number of fused-ring (bicyclic) bond motifs is 2. The van der Waals surface area contributed by atoms with Gasteiger partial charge >= 0.3 is 0 Å². The Morgan fingerprint density at radius 3 is 2.81 bits per heavy atom. The molecule has 3 aliphatic rings. The van der Waals surface area contributed by atoms with Gasteiger partial charge < -0.3 is 0 Å². The van der Waals surface area contributed by atoms with Gasteiger partial charge in [-0.25, -0.2) is 0 Å². The van der Waals surface area contributed by atoms with Crippen LogP contribution in [0.15, 0.2) is 68.7 Å². The molecule has 3 nitrogen and oxygen atoms in total.